The number of nitrogens with one attached hydrogen (secondary N) is 1. The SMILES string of the molecule is CCc1ccccc1NC(=O)C1CCCN(C(=O)c2ccc(C)cc2)C1. The van der Waals surface area contributed by atoms with Gasteiger partial charge in [-0.1, -0.05) is 42.8 Å². The zero-order chi connectivity index (χ0) is 18.5. The molecule has 1 aliphatic rings. The third-order valence-corrected chi connectivity index (χ3v) is 5.03. The molecule has 2 amide bonds. The van der Waals surface area contributed by atoms with Gasteiger partial charge in [0, 0.05) is 24.3 Å². The van der Waals surface area contributed by atoms with Crippen molar-refractivity contribution in [1.82, 2.24) is 4.90 Å². The Labute approximate surface area is 155 Å². The van der Waals surface area contributed by atoms with Crippen LogP contribution in [0.4, 0.5) is 5.69 Å². The van der Waals surface area contributed by atoms with Crippen molar-refractivity contribution >= 4 is 17.5 Å². The summed E-state index contributed by atoms with van der Waals surface area (Å²) in [5.74, 6) is -0.146. The number of hydrogen-bond donors (Lipinski definition) is 1. The molecule has 2 aromatic rings. The van der Waals surface area contributed by atoms with Crippen molar-refractivity contribution in [2.45, 2.75) is 33.1 Å². The van der Waals surface area contributed by atoms with Crippen LogP contribution in [-0.4, -0.2) is 29.8 Å². The maximum absolute atomic E-state index is 12.7. The van der Waals surface area contributed by atoms with Crippen LogP contribution < -0.4 is 5.32 Å². The van der Waals surface area contributed by atoms with Gasteiger partial charge in [-0.25, -0.2) is 0 Å². The molecule has 0 radical (unpaired) electrons. The highest BCUT2D eigenvalue weighted by Gasteiger charge is 2.29. The van der Waals surface area contributed by atoms with Gasteiger partial charge in [0.1, 0.15) is 0 Å². The molecule has 3 rings (SSSR count). The summed E-state index contributed by atoms with van der Waals surface area (Å²) in [5.41, 5.74) is 3.83. The maximum Gasteiger partial charge on any atom is 0.253 e. The standard InChI is InChI=1S/C22H26N2O2/c1-3-17-7-4-5-9-20(17)23-21(25)19-8-6-14-24(15-19)22(26)18-12-10-16(2)11-13-18/h4-5,7,9-13,19H,3,6,8,14-15H2,1-2H3,(H,23,25). The summed E-state index contributed by atoms with van der Waals surface area (Å²) < 4.78 is 0. The molecule has 1 aliphatic heterocycles. The lowest BCUT2D eigenvalue weighted by Crippen LogP contribution is -2.43. The first-order valence-corrected chi connectivity index (χ1v) is 9.33. The number of likely N-dealkylation sites (tertiary alicyclic amines) is 1. The van der Waals surface area contributed by atoms with Gasteiger partial charge in [-0.05, 0) is 49.9 Å². The molecule has 1 unspecified atom stereocenters. The van der Waals surface area contributed by atoms with Gasteiger partial charge in [-0.2, -0.15) is 0 Å². The van der Waals surface area contributed by atoms with E-state index in [4.69, 9.17) is 0 Å². The molecule has 0 saturated carbocycles. The molecule has 26 heavy (non-hydrogen) atoms. The fourth-order valence-electron chi connectivity index (χ4n) is 3.44. The van der Waals surface area contributed by atoms with Gasteiger partial charge < -0.3 is 10.2 Å². The third kappa shape index (κ3) is 4.13. The van der Waals surface area contributed by atoms with Crippen LogP contribution in [0.5, 0.6) is 0 Å². The van der Waals surface area contributed by atoms with Crippen molar-refractivity contribution in [3.63, 3.8) is 0 Å². The lowest BCUT2D eigenvalue weighted by Gasteiger charge is -2.32. The lowest BCUT2D eigenvalue weighted by atomic mass is 9.96. The van der Waals surface area contributed by atoms with Gasteiger partial charge in [0.05, 0.1) is 5.92 Å². The van der Waals surface area contributed by atoms with Crippen molar-refractivity contribution in [2.24, 2.45) is 5.92 Å². The van der Waals surface area contributed by atoms with E-state index in [1.54, 1.807) is 0 Å². The van der Waals surface area contributed by atoms with E-state index in [0.29, 0.717) is 18.7 Å². The number of carbonyl (C=O) groups is 2. The van der Waals surface area contributed by atoms with Crippen LogP contribution in [0, 0.1) is 12.8 Å². The van der Waals surface area contributed by atoms with E-state index in [0.717, 1.165) is 36.1 Å². The second-order valence-corrected chi connectivity index (χ2v) is 6.96. The fraction of sp³-hybridized carbons (Fsp3) is 0.364. The van der Waals surface area contributed by atoms with Crippen molar-refractivity contribution in [1.29, 1.82) is 0 Å². The van der Waals surface area contributed by atoms with E-state index in [2.05, 4.69) is 12.2 Å². The number of para-hydroxylation sites is 1. The highest BCUT2D eigenvalue weighted by molar-refractivity contribution is 5.96. The number of rotatable bonds is 4. The van der Waals surface area contributed by atoms with Gasteiger partial charge in [0.15, 0.2) is 0 Å². The van der Waals surface area contributed by atoms with Gasteiger partial charge >= 0.3 is 0 Å². The summed E-state index contributed by atoms with van der Waals surface area (Å²) in [6.45, 7) is 5.27. The normalized spacial score (nSPS) is 17.0. The van der Waals surface area contributed by atoms with E-state index >= 15 is 0 Å². The molecular formula is C22H26N2O2. The molecule has 1 saturated heterocycles. The van der Waals surface area contributed by atoms with E-state index < -0.39 is 0 Å². The smallest absolute Gasteiger partial charge is 0.253 e. The Bertz CT molecular complexity index is 783. The predicted octanol–water partition coefficient (Wildman–Crippen LogP) is 4.05. The molecule has 4 nitrogen and oxygen atoms in total. The monoisotopic (exact) mass is 350 g/mol. The molecule has 1 N–H and O–H groups in total. The van der Waals surface area contributed by atoms with Crippen LogP contribution >= 0.6 is 0 Å². The van der Waals surface area contributed by atoms with Gasteiger partial charge in [-0.15, -0.1) is 0 Å². The Morgan fingerprint density at radius 1 is 1.12 bits per heavy atom. The molecular weight excluding hydrogens is 324 g/mol. The van der Waals surface area contributed by atoms with Crippen LogP contribution in [0.1, 0.15) is 41.3 Å². The number of hydrogen-bond acceptors (Lipinski definition) is 2. The Balaban J connectivity index is 1.66. The van der Waals surface area contributed by atoms with Crippen LogP contribution in [0.25, 0.3) is 0 Å². The molecule has 2 aromatic carbocycles. The quantitative estimate of drug-likeness (QED) is 0.904. The number of aryl methyl sites for hydroxylation is 2. The minimum Gasteiger partial charge on any atom is -0.338 e. The molecule has 1 atom stereocenters. The first-order chi connectivity index (χ1) is 12.6. The van der Waals surface area contributed by atoms with E-state index in [1.165, 1.54) is 0 Å². The van der Waals surface area contributed by atoms with E-state index in [1.807, 2.05) is 60.4 Å². The number of carbonyl (C=O) groups excluding carboxylic acids is 2. The largest absolute Gasteiger partial charge is 0.338 e. The maximum atomic E-state index is 12.7. The average Bonchev–Trinajstić information content (AvgIpc) is 2.68. The Morgan fingerprint density at radius 2 is 1.85 bits per heavy atom. The van der Waals surface area contributed by atoms with Crippen molar-refractivity contribution in [3.8, 4) is 0 Å². The Morgan fingerprint density at radius 3 is 2.58 bits per heavy atom. The average molecular weight is 350 g/mol. The third-order valence-electron chi connectivity index (χ3n) is 5.03. The van der Waals surface area contributed by atoms with Crippen molar-refractivity contribution < 1.29 is 9.59 Å². The van der Waals surface area contributed by atoms with Crippen LogP contribution in [-0.2, 0) is 11.2 Å². The number of anilines is 1. The number of piperidine rings is 1. The summed E-state index contributed by atoms with van der Waals surface area (Å²) in [7, 11) is 0. The highest BCUT2D eigenvalue weighted by atomic mass is 16.2. The van der Waals surface area contributed by atoms with E-state index in [-0.39, 0.29) is 17.7 Å². The second-order valence-electron chi connectivity index (χ2n) is 6.96. The van der Waals surface area contributed by atoms with Gasteiger partial charge in [0.2, 0.25) is 5.91 Å². The number of benzene rings is 2. The summed E-state index contributed by atoms with van der Waals surface area (Å²) in [5, 5.41) is 3.06. The minimum atomic E-state index is -0.164. The summed E-state index contributed by atoms with van der Waals surface area (Å²) in [6, 6.07) is 15.5. The fourth-order valence-corrected chi connectivity index (χ4v) is 3.44. The Hall–Kier alpha value is -2.62. The summed E-state index contributed by atoms with van der Waals surface area (Å²) >= 11 is 0. The van der Waals surface area contributed by atoms with Gasteiger partial charge in [0.25, 0.3) is 5.91 Å². The lowest BCUT2D eigenvalue weighted by molar-refractivity contribution is -0.121. The first-order valence-electron chi connectivity index (χ1n) is 9.33. The second kappa shape index (κ2) is 8.17. The summed E-state index contributed by atoms with van der Waals surface area (Å²) in [4.78, 5) is 27.3. The number of amides is 2. The van der Waals surface area contributed by atoms with E-state index in [9.17, 15) is 9.59 Å². The topological polar surface area (TPSA) is 49.4 Å². The zero-order valence-electron chi connectivity index (χ0n) is 15.5. The van der Waals surface area contributed by atoms with Crippen molar-refractivity contribution in [3.05, 3.63) is 65.2 Å². The predicted molar refractivity (Wildman–Crippen MR) is 104 cm³/mol. The minimum absolute atomic E-state index is 0.00676. The molecule has 1 heterocycles. The van der Waals surface area contributed by atoms with Crippen LogP contribution in [0.2, 0.25) is 0 Å². The van der Waals surface area contributed by atoms with Crippen LogP contribution in [0.15, 0.2) is 48.5 Å². The van der Waals surface area contributed by atoms with Crippen molar-refractivity contribution in [2.75, 3.05) is 18.4 Å². The Kier molecular flexibility index (Phi) is 5.71. The van der Waals surface area contributed by atoms with Gasteiger partial charge in [-0.3, -0.25) is 9.59 Å². The molecule has 0 spiro atoms. The molecule has 0 aliphatic carbocycles. The first kappa shape index (κ1) is 18.2. The molecule has 4 heteroatoms. The van der Waals surface area contributed by atoms with Crippen LogP contribution in [0.3, 0.4) is 0 Å². The zero-order valence-corrected chi connectivity index (χ0v) is 15.5. The highest BCUT2D eigenvalue weighted by Crippen LogP contribution is 2.22. The molecule has 0 bridgehead atoms. The molecule has 0 aromatic heterocycles. The summed E-state index contributed by atoms with van der Waals surface area (Å²) in [6.07, 6.45) is 2.54. The number of nitrogens with zero attached hydrogens (tertiary/aromatic N) is 1. The molecule has 1 fully saturated rings. The molecule has 136 valence electrons.